The van der Waals surface area contributed by atoms with Gasteiger partial charge in [0.05, 0.1) is 5.75 Å². The fraction of sp³-hybridized carbons (Fsp3) is 0.0909. The molecular weight excluding hydrogens is 498 g/mol. The smallest absolute Gasteiger partial charge is 0.325 e. The lowest BCUT2D eigenvalue weighted by Crippen LogP contribution is -2.44. The molecule has 0 atom stereocenters. The van der Waals surface area contributed by atoms with Crippen LogP contribution in [0.2, 0.25) is 0 Å². The average Bonchev–Trinajstić information content (AvgIpc) is 3.15. The van der Waals surface area contributed by atoms with E-state index in [9.17, 15) is 13.2 Å². The Morgan fingerprint density at radius 2 is 1.77 bits per heavy atom. The summed E-state index contributed by atoms with van der Waals surface area (Å²) in [6.45, 7) is 1.94. The number of anilines is 1. The predicted molar refractivity (Wildman–Crippen MR) is 126 cm³/mol. The first-order valence-electron chi connectivity index (χ1n) is 9.38. The number of aromatic amines is 1. The Morgan fingerprint density at radius 3 is 2.52 bits per heavy atom. The number of hydrogen-bond acceptors (Lipinski definition) is 4. The van der Waals surface area contributed by atoms with Gasteiger partial charge in [-0.25, -0.2) is 4.98 Å². The Morgan fingerprint density at radius 1 is 1.06 bits per heavy atom. The maximum atomic E-state index is 13.4. The Kier molecular flexibility index (Phi) is 6.17. The Labute approximate surface area is 192 Å². The first-order valence-corrected chi connectivity index (χ1v) is 12.6. The van der Waals surface area contributed by atoms with E-state index in [0.717, 1.165) is 21.8 Å². The van der Waals surface area contributed by atoms with Crippen molar-refractivity contribution in [2.75, 3.05) is 11.1 Å². The van der Waals surface area contributed by atoms with E-state index in [1.165, 1.54) is 3.97 Å². The standard InChI is InChI=1S/C22H18BrN3O3S2/c1-15-13-16(11-12-18(15)23)24-21(27)14-30-22-25-19-9-5-6-10-20(19)26(22)31(28,29)17-7-3-2-4-8-17/h2-13H,14H2,1H3,(H,24,27)/p+1. The Balaban J connectivity index is 1.63. The summed E-state index contributed by atoms with van der Waals surface area (Å²) in [6.07, 6.45) is 0. The molecule has 4 aromatic rings. The summed E-state index contributed by atoms with van der Waals surface area (Å²) in [6, 6.07) is 21.0. The summed E-state index contributed by atoms with van der Waals surface area (Å²) in [5, 5.41) is 3.22. The molecule has 4 rings (SSSR count). The molecule has 0 fully saturated rings. The number of aromatic nitrogens is 2. The number of amides is 1. The number of imidazole rings is 1. The molecule has 3 aromatic carbocycles. The van der Waals surface area contributed by atoms with Crippen LogP contribution in [-0.2, 0) is 14.8 Å². The van der Waals surface area contributed by atoms with Crippen molar-refractivity contribution in [2.24, 2.45) is 0 Å². The lowest BCUT2D eigenvalue weighted by atomic mass is 10.2. The fourth-order valence-corrected chi connectivity index (χ4v) is 5.95. The van der Waals surface area contributed by atoms with Crippen LogP contribution in [0, 0.1) is 6.92 Å². The van der Waals surface area contributed by atoms with Gasteiger partial charge < -0.3 is 5.32 Å². The summed E-state index contributed by atoms with van der Waals surface area (Å²) in [5.41, 5.74) is 2.90. The summed E-state index contributed by atoms with van der Waals surface area (Å²) in [7, 11) is -3.84. The number of hydrogen-bond donors (Lipinski definition) is 2. The van der Waals surface area contributed by atoms with Crippen LogP contribution in [0.1, 0.15) is 5.56 Å². The van der Waals surface area contributed by atoms with E-state index >= 15 is 0 Å². The number of thioether (sulfide) groups is 1. The van der Waals surface area contributed by atoms with Gasteiger partial charge in [0, 0.05) is 10.2 Å². The Hall–Kier alpha value is -2.62. The van der Waals surface area contributed by atoms with Gasteiger partial charge in [0.2, 0.25) is 5.91 Å². The molecule has 0 unspecified atom stereocenters. The number of fused-ring (bicyclic) bond motifs is 1. The van der Waals surface area contributed by atoms with Crippen molar-refractivity contribution in [3.63, 3.8) is 0 Å². The summed E-state index contributed by atoms with van der Waals surface area (Å²) in [5.74, 6) is -0.180. The minimum absolute atomic E-state index is 0.0479. The van der Waals surface area contributed by atoms with Crippen LogP contribution >= 0.6 is 27.7 Å². The van der Waals surface area contributed by atoms with E-state index in [4.69, 9.17) is 0 Å². The third-order valence-corrected chi connectivity index (χ3v) is 8.31. The van der Waals surface area contributed by atoms with Crippen LogP contribution in [0.25, 0.3) is 11.0 Å². The molecule has 0 bridgehead atoms. The van der Waals surface area contributed by atoms with Crippen molar-refractivity contribution >= 4 is 60.3 Å². The number of benzene rings is 3. The van der Waals surface area contributed by atoms with Gasteiger partial charge in [-0.1, -0.05) is 46.3 Å². The zero-order valence-corrected chi connectivity index (χ0v) is 19.7. The van der Waals surface area contributed by atoms with Gasteiger partial charge in [0.15, 0.2) is 11.0 Å². The average molecular weight is 517 g/mol. The molecule has 9 heteroatoms. The molecule has 0 spiro atoms. The minimum atomic E-state index is -3.84. The SMILES string of the molecule is Cc1cc(NC(=O)CSc2[nH]c3ccccc3[n+]2S(=O)(=O)c2ccccc2)ccc1Br. The summed E-state index contributed by atoms with van der Waals surface area (Å²) >= 11 is 4.57. The fourth-order valence-electron chi connectivity index (χ4n) is 3.12. The maximum absolute atomic E-state index is 13.4. The normalized spacial score (nSPS) is 11.5. The molecule has 158 valence electrons. The van der Waals surface area contributed by atoms with Crippen molar-refractivity contribution in [1.29, 1.82) is 0 Å². The topological polar surface area (TPSA) is 82.9 Å². The molecule has 31 heavy (non-hydrogen) atoms. The largest absolute Gasteiger partial charge is 0.336 e. The number of rotatable bonds is 6. The van der Waals surface area contributed by atoms with Gasteiger partial charge in [-0.15, -0.1) is 3.97 Å². The number of aryl methyl sites for hydroxylation is 1. The third-order valence-electron chi connectivity index (χ3n) is 4.61. The van der Waals surface area contributed by atoms with Gasteiger partial charge in [-0.05, 0) is 66.7 Å². The predicted octanol–water partition coefficient (Wildman–Crippen LogP) is 4.49. The maximum Gasteiger partial charge on any atom is 0.336 e. The van der Waals surface area contributed by atoms with E-state index in [1.807, 2.05) is 31.2 Å². The second kappa shape index (κ2) is 8.86. The van der Waals surface area contributed by atoms with Gasteiger partial charge in [-0.3, -0.25) is 4.79 Å². The molecule has 6 nitrogen and oxygen atoms in total. The molecule has 0 aliphatic rings. The van der Waals surface area contributed by atoms with Gasteiger partial charge >= 0.3 is 15.2 Å². The molecular formula is C22H19BrN3O3S2+. The quantitative estimate of drug-likeness (QED) is 0.292. The first kappa shape index (κ1) is 21.6. The second-order valence-electron chi connectivity index (χ2n) is 6.83. The van der Waals surface area contributed by atoms with Crippen molar-refractivity contribution in [2.45, 2.75) is 17.0 Å². The number of carbonyl (C=O) groups is 1. The lowest BCUT2D eigenvalue weighted by molar-refractivity contribution is -0.526. The van der Waals surface area contributed by atoms with Crippen molar-refractivity contribution in [3.8, 4) is 0 Å². The molecule has 0 saturated carbocycles. The zero-order chi connectivity index (χ0) is 22.0. The monoisotopic (exact) mass is 516 g/mol. The molecule has 1 amide bonds. The molecule has 1 heterocycles. The minimum Gasteiger partial charge on any atom is -0.325 e. The van der Waals surface area contributed by atoms with E-state index < -0.39 is 10.0 Å². The molecule has 0 aliphatic carbocycles. The first-order chi connectivity index (χ1) is 14.9. The summed E-state index contributed by atoms with van der Waals surface area (Å²) in [4.78, 5) is 15.8. The zero-order valence-electron chi connectivity index (χ0n) is 16.5. The van der Waals surface area contributed by atoms with Crippen LogP contribution in [-0.4, -0.2) is 25.1 Å². The number of nitrogens with zero attached hydrogens (tertiary/aromatic N) is 1. The highest BCUT2D eigenvalue weighted by Gasteiger charge is 2.31. The van der Waals surface area contributed by atoms with Crippen molar-refractivity contribution in [3.05, 3.63) is 82.8 Å². The molecule has 0 aliphatic heterocycles. The third kappa shape index (κ3) is 4.53. The molecule has 0 saturated heterocycles. The van der Waals surface area contributed by atoms with Crippen LogP contribution in [0.5, 0.6) is 0 Å². The number of para-hydroxylation sites is 2. The van der Waals surface area contributed by atoms with Crippen LogP contribution in [0.3, 0.4) is 0 Å². The van der Waals surface area contributed by atoms with Crippen LogP contribution < -0.4 is 9.29 Å². The van der Waals surface area contributed by atoms with Crippen LogP contribution in [0.15, 0.2) is 87.3 Å². The second-order valence-corrected chi connectivity index (χ2v) is 10.4. The lowest BCUT2D eigenvalue weighted by Gasteiger charge is -2.07. The molecule has 1 aromatic heterocycles. The number of H-pyrrole nitrogens is 1. The Bertz CT molecular complexity index is 1370. The van der Waals surface area contributed by atoms with Gasteiger partial charge in [0.25, 0.3) is 0 Å². The molecule has 0 radical (unpaired) electrons. The van der Waals surface area contributed by atoms with E-state index in [0.29, 0.717) is 21.9 Å². The highest BCUT2D eigenvalue weighted by molar-refractivity contribution is 9.10. The number of carbonyl (C=O) groups excluding carboxylic acids is 1. The summed E-state index contributed by atoms with van der Waals surface area (Å²) < 4.78 is 28.9. The van der Waals surface area contributed by atoms with Gasteiger partial charge in [-0.2, -0.15) is 8.42 Å². The highest BCUT2D eigenvalue weighted by atomic mass is 79.9. The van der Waals surface area contributed by atoms with E-state index in [2.05, 4.69) is 26.2 Å². The van der Waals surface area contributed by atoms with E-state index in [1.54, 1.807) is 48.5 Å². The van der Waals surface area contributed by atoms with Gasteiger partial charge in [0.1, 0.15) is 4.90 Å². The molecule has 2 N–H and O–H groups in total. The number of nitrogens with one attached hydrogen (secondary N) is 2. The van der Waals surface area contributed by atoms with Crippen molar-refractivity contribution < 1.29 is 17.2 Å². The van der Waals surface area contributed by atoms with E-state index in [-0.39, 0.29) is 16.6 Å². The number of halogens is 1. The highest BCUT2D eigenvalue weighted by Crippen LogP contribution is 2.23. The van der Waals surface area contributed by atoms with Crippen molar-refractivity contribution in [1.82, 2.24) is 4.98 Å². The van der Waals surface area contributed by atoms with Crippen LogP contribution in [0.4, 0.5) is 5.69 Å².